The van der Waals surface area contributed by atoms with E-state index in [1.54, 1.807) is 4.68 Å². The summed E-state index contributed by atoms with van der Waals surface area (Å²) in [6.07, 6.45) is 1.36. The third kappa shape index (κ3) is 2.15. The van der Waals surface area contributed by atoms with Gasteiger partial charge in [0.1, 0.15) is 0 Å². The molecular weight excluding hydrogens is 190 g/mol. The summed E-state index contributed by atoms with van der Waals surface area (Å²) in [5, 5.41) is 3.97. The number of morpholine rings is 1. The minimum atomic E-state index is 0.423. The minimum absolute atomic E-state index is 0.423. The molecule has 0 aromatic carbocycles. The van der Waals surface area contributed by atoms with E-state index in [4.69, 9.17) is 21.4 Å². The molecule has 0 N–H and O–H groups in total. The first-order valence-corrected chi connectivity index (χ1v) is 4.58. The number of ether oxygens (including phenoxy) is 1. The molecule has 1 aliphatic heterocycles. The van der Waals surface area contributed by atoms with Crippen molar-refractivity contribution < 1.29 is 9.15 Å². The van der Waals surface area contributed by atoms with Crippen LogP contribution >= 0.6 is 12.2 Å². The Morgan fingerprint density at radius 3 is 2.85 bits per heavy atom. The van der Waals surface area contributed by atoms with Crippen LogP contribution in [0.4, 0.5) is 0 Å². The van der Waals surface area contributed by atoms with Crippen LogP contribution in [0.25, 0.3) is 0 Å². The van der Waals surface area contributed by atoms with E-state index >= 15 is 0 Å². The van der Waals surface area contributed by atoms with Gasteiger partial charge < -0.3 is 9.15 Å². The number of hydrogen-bond donors (Lipinski definition) is 0. The zero-order chi connectivity index (χ0) is 9.10. The molecule has 5 nitrogen and oxygen atoms in total. The molecule has 6 heteroatoms. The summed E-state index contributed by atoms with van der Waals surface area (Å²) in [5.74, 6) is 0. The Bertz CT molecular complexity index is 316. The van der Waals surface area contributed by atoms with Crippen LogP contribution in [0.15, 0.2) is 10.8 Å². The zero-order valence-corrected chi connectivity index (χ0v) is 8.00. The fourth-order valence-corrected chi connectivity index (χ4v) is 1.41. The average molecular weight is 201 g/mol. The van der Waals surface area contributed by atoms with Crippen LogP contribution in [-0.2, 0) is 11.4 Å². The molecule has 1 aliphatic rings. The quantitative estimate of drug-likeness (QED) is 0.652. The fourth-order valence-electron chi connectivity index (χ4n) is 1.26. The summed E-state index contributed by atoms with van der Waals surface area (Å²) < 4.78 is 11.8. The Balaban J connectivity index is 1.97. The molecule has 1 aromatic heterocycles. The van der Waals surface area contributed by atoms with E-state index in [0.29, 0.717) is 11.5 Å². The van der Waals surface area contributed by atoms with Gasteiger partial charge in [0.05, 0.1) is 19.9 Å². The topological polar surface area (TPSA) is 43.4 Å². The van der Waals surface area contributed by atoms with Gasteiger partial charge in [-0.1, -0.05) is 0 Å². The van der Waals surface area contributed by atoms with E-state index in [0.717, 1.165) is 26.3 Å². The van der Waals surface area contributed by atoms with E-state index < -0.39 is 0 Å². The summed E-state index contributed by atoms with van der Waals surface area (Å²) in [7, 11) is 0. The van der Waals surface area contributed by atoms with Crippen molar-refractivity contribution in [1.82, 2.24) is 14.7 Å². The van der Waals surface area contributed by atoms with Crippen LogP contribution in [0.3, 0.4) is 0 Å². The summed E-state index contributed by atoms with van der Waals surface area (Å²) in [6, 6.07) is 0. The maximum atomic E-state index is 5.23. The molecule has 0 atom stereocenters. The third-order valence-electron chi connectivity index (χ3n) is 1.99. The molecule has 0 saturated carbocycles. The first kappa shape index (κ1) is 8.86. The minimum Gasteiger partial charge on any atom is -0.417 e. The predicted molar refractivity (Wildman–Crippen MR) is 47.7 cm³/mol. The van der Waals surface area contributed by atoms with E-state index in [1.165, 1.54) is 6.39 Å². The Labute approximate surface area is 80.9 Å². The molecule has 0 amide bonds. The second kappa shape index (κ2) is 3.99. The highest BCUT2D eigenvalue weighted by Crippen LogP contribution is 2.00. The summed E-state index contributed by atoms with van der Waals surface area (Å²) in [6.45, 7) is 4.11. The zero-order valence-electron chi connectivity index (χ0n) is 7.18. The van der Waals surface area contributed by atoms with Crippen LogP contribution in [-0.4, -0.2) is 41.0 Å². The van der Waals surface area contributed by atoms with Gasteiger partial charge in [-0.3, -0.25) is 4.90 Å². The van der Waals surface area contributed by atoms with Gasteiger partial charge in [-0.05, 0) is 12.2 Å². The lowest BCUT2D eigenvalue weighted by Crippen LogP contribution is -2.37. The molecule has 2 heterocycles. The molecule has 13 heavy (non-hydrogen) atoms. The summed E-state index contributed by atoms with van der Waals surface area (Å²) in [4.78, 5) is 2.65. The number of hydrogen-bond acceptors (Lipinski definition) is 5. The summed E-state index contributed by atoms with van der Waals surface area (Å²) >= 11 is 4.93. The Morgan fingerprint density at radius 2 is 2.23 bits per heavy atom. The molecule has 0 spiro atoms. The van der Waals surface area contributed by atoms with Crippen molar-refractivity contribution in [3.63, 3.8) is 0 Å². The molecule has 72 valence electrons. The lowest BCUT2D eigenvalue weighted by molar-refractivity contribution is 0.0206. The van der Waals surface area contributed by atoms with Gasteiger partial charge in [0, 0.05) is 13.1 Å². The largest absolute Gasteiger partial charge is 0.417 e. The fraction of sp³-hybridized carbons (Fsp3) is 0.714. The van der Waals surface area contributed by atoms with Gasteiger partial charge in [-0.2, -0.15) is 0 Å². The number of rotatable bonds is 2. The highest BCUT2D eigenvalue weighted by molar-refractivity contribution is 7.71. The van der Waals surface area contributed by atoms with Gasteiger partial charge in [0.2, 0.25) is 6.39 Å². The first-order valence-electron chi connectivity index (χ1n) is 4.17. The van der Waals surface area contributed by atoms with Crippen molar-refractivity contribution in [2.75, 3.05) is 26.3 Å². The van der Waals surface area contributed by atoms with Crippen molar-refractivity contribution in [2.24, 2.45) is 0 Å². The maximum Gasteiger partial charge on any atom is 0.288 e. The molecule has 0 radical (unpaired) electrons. The standard InChI is InChI=1S/C7H11N3O2S/c13-7-10(8-5-12-7)6-9-1-3-11-4-2-9/h5H,1-4,6H2. The average Bonchev–Trinajstić information content (AvgIpc) is 2.54. The second-order valence-corrected chi connectivity index (χ2v) is 3.23. The molecule has 0 aliphatic carbocycles. The van der Waals surface area contributed by atoms with Crippen molar-refractivity contribution in [3.05, 3.63) is 11.2 Å². The molecule has 0 unspecified atom stereocenters. The predicted octanol–water partition coefficient (Wildman–Crippen LogP) is 0.495. The van der Waals surface area contributed by atoms with Gasteiger partial charge in [0.25, 0.3) is 4.84 Å². The van der Waals surface area contributed by atoms with Gasteiger partial charge in [-0.15, -0.1) is 5.10 Å². The van der Waals surface area contributed by atoms with Crippen LogP contribution in [0.1, 0.15) is 0 Å². The van der Waals surface area contributed by atoms with Crippen molar-refractivity contribution in [1.29, 1.82) is 0 Å². The van der Waals surface area contributed by atoms with Crippen molar-refractivity contribution >= 4 is 12.2 Å². The normalized spacial score (nSPS) is 19.1. The SMILES string of the molecule is S=c1ocnn1CN1CCOCC1. The Kier molecular flexibility index (Phi) is 2.72. The van der Waals surface area contributed by atoms with Gasteiger partial charge in [0.15, 0.2) is 0 Å². The van der Waals surface area contributed by atoms with E-state index in [9.17, 15) is 0 Å². The third-order valence-corrected chi connectivity index (χ3v) is 2.30. The van der Waals surface area contributed by atoms with E-state index in [1.807, 2.05) is 0 Å². The number of nitrogens with zero attached hydrogens (tertiary/aromatic N) is 3. The van der Waals surface area contributed by atoms with Crippen molar-refractivity contribution in [2.45, 2.75) is 6.67 Å². The van der Waals surface area contributed by atoms with Gasteiger partial charge in [-0.25, -0.2) is 4.68 Å². The molecular formula is C7H11N3O2S. The van der Waals surface area contributed by atoms with Gasteiger partial charge >= 0.3 is 0 Å². The smallest absolute Gasteiger partial charge is 0.288 e. The maximum absolute atomic E-state index is 5.23. The Hall–Kier alpha value is -0.720. The van der Waals surface area contributed by atoms with Crippen LogP contribution in [0.2, 0.25) is 0 Å². The highest BCUT2D eigenvalue weighted by atomic mass is 32.1. The van der Waals surface area contributed by atoms with E-state index in [-0.39, 0.29) is 0 Å². The van der Waals surface area contributed by atoms with Crippen LogP contribution < -0.4 is 0 Å². The lowest BCUT2D eigenvalue weighted by atomic mass is 10.4. The van der Waals surface area contributed by atoms with Crippen molar-refractivity contribution in [3.8, 4) is 0 Å². The molecule has 0 bridgehead atoms. The monoisotopic (exact) mass is 201 g/mol. The molecule has 1 aromatic rings. The lowest BCUT2D eigenvalue weighted by Gasteiger charge is -2.25. The second-order valence-electron chi connectivity index (χ2n) is 2.88. The van der Waals surface area contributed by atoms with Crippen LogP contribution in [0, 0.1) is 4.84 Å². The van der Waals surface area contributed by atoms with Crippen LogP contribution in [0.5, 0.6) is 0 Å². The Morgan fingerprint density at radius 1 is 1.46 bits per heavy atom. The van der Waals surface area contributed by atoms with E-state index in [2.05, 4.69) is 10.00 Å². The number of aromatic nitrogens is 2. The molecule has 2 rings (SSSR count). The first-order chi connectivity index (χ1) is 6.36. The summed E-state index contributed by atoms with van der Waals surface area (Å²) in [5.41, 5.74) is 0. The highest BCUT2D eigenvalue weighted by Gasteiger charge is 2.11. The molecule has 1 saturated heterocycles. The molecule has 1 fully saturated rings.